The van der Waals surface area contributed by atoms with Gasteiger partial charge in [0.05, 0.1) is 12.6 Å². The smallest absolute Gasteiger partial charge is 0.254 e. The maximum absolute atomic E-state index is 13.8. The van der Waals surface area contributed by atoms with Crippen molar-refractivity contribution in [1.82, 2.24) is 14.7 Å². The minimum Gasteiger partial charge on any atom is -0.330 e. The van der Waals surface area contributed by atoms with E-state index in [0.717, 1.165) is 0 Å². The predicted molar refractivity (Wildman–Crippen MR) is 128 cm³/mol. The number of benzene rings is 2. The highest BCUT2D eigenvalue weighted by atomic mass is 16.2. The van der Waals surface area contributed by atoms with Crippen LogP contribution in [0.2, 0.25) is 0 Å². The van der Waals surface area contributed by atoms with E-state index in [-0.39, 0.29) is 42.0 Å². The quantitative estimate of drug-likeness (QED) is 0.663. The van der Waals surface area contributed by atoms with E-state index in [2.05, 4.69) is 0 Å². The standard InChI is InChI=1S/C27H31N3O4/c1-18(2)16-22(28(3)25(32)19-10-6-4-7-11-19)27(34)29-15-14-21-24(29)23(31)17-30(21)26(33)20-12-8-5-9-13-20/h4-13,18,21-22,24H,14-17H2,1-3H3/t21-,22+,24+/m1/s1. The average molecular weight is 462 g/mol. The molecule has 7 heteroatoms. The second-order valence-corrected chi connectivity index (χ2v) is 9.53. The number of nitrogens with zero attached hydrogens (tertiary/aromatic N) is 3. The van der Waals surface area contributed by atoms with Gasteiger partial charge in [-0.25, -0.2) is 0 Å². The molecular weight excluding hydrogens is 430 g/mol. The van der Waals surface area contributed by atoms with Gasteiger partial charge >= 0.3 is 0 Å². The first-order valence-electron chi connectivity index (χ1n) is 11.8. The highest BCUT2D eigenvalue weighted by molar-refractivity contribution is 6.03. The molecule has 2 aliphatic rings. The predicted octanol–water partition coefficient (Wildman–Crippen LogP) is 2.87. The third-order valence-electron chi connectivity index (χ3n) is 6.78. The van der Waals surface area contributed by atoms with Crippen LogP contribution in [0.25, 0.3) is 0 Å². The fourth-order valence-corrected chi connectivity index (χ4v) is 5.07. The summed E-state index contributed by atoms with van der Waals surface area (Å²) in [7, 11) is 1.65. The minimum atomic E-state index is -0.682. The van der Waals surface area contributed by atoms with Crippen molar-refractivity contribution in [2.24, 2.45) is 5.92 Å². The van der Waals surface area contributed by atoms with E-state index in [9.17, 15) is 19.2 Å². The van der Waals surface area contributed by atoms with Gasteiger partial charge in [-0.1, -0.05) is 50.2 Å². The molecule has 2 heterocycles. The van der Waals surface area contributed by atoms with Crippen molar-refractivity contribution in [2.75, 3.05) is 20.1 Å². The molecule has 2 fully saturated rings. The van der Waals surface area contributed by atoms with Crippen molar-refractivity contribution < 1.29 is 19.2 Å². The molecule has 178 valence electrons. The second-order valence-electron chi connectivity index (χ2n) is 9.53. The van der Waals surface area contributed by atoms with Gasteiger partial charge in [0.15, 0.2) is 5.78 Å². The molecule has 3 atom stereocenters. The van der Waals surface area contributed by atoms with Crippen LogP contribution in [0.3, 0.4) is 0 Å². The fourth-order valence-electron chi connectivity index (χ4n) is 5.07. The third-order valence-corrected chi connectivity index (χ3v) is 6.78. The van der Waals surface area contributed by atoms with Crippen LogP contribution in [0.5, 0.6) is 0 Å². The monoisotopic (exact) mass is 461 g/mol. The molecule has 0 aliphatic carbocycles. The van der Waals surface area contributed by atoms with Crippen LogP contribution >= 0.6 is 0 Å². The Labute approximate surface area is 200 Å². The number of rotatable bonds is 6. The van der Waals surface area contributed by atoms with Gasteiger partial charge in [-0.05, 0) is 43.0 Å². The number of hydrogen-bond acceptors (Lipinski definition) is 4. The number of likely N-dealkylation sites (N-methyl/N-ethyl adjacent to an activating group) is 1. The average Bonchev–Trinajstić information content (AvgIpc) is 3.43. The van der Waals surface area contributed by atoms with Gasteiger partial charge in [0.1, 0.15) is 12.1 Å². The Morgan fingerprint density at radius 3 is 2.12 bits per heavy atom. The second kappa shape index (κ2) is 9.79. The Hall–Kier alpha value is -3.48. The molecule has 0 unspecified atom stereocenters. The summed E-state index contributed by atoms with van der Waals surface area (Å²) < 4.78 is 0. The number of hydrogen-bond donors (Lipinski definition) is 0. The number of likely N-dealkylation sites (tertiary alicyclic amines) is 2. The van der Waals surface area contributed by atoms with E-state index in [1.54, 1.807) is 65.4 Å². The first-order valence-corrected chi connectivity index (χ1v) is 11.8. The van der Waals surface area contributed by atoms with Gasteiger partial charge in [0.25, 0.3) is 11.8 Å². The Balaban J connectivity index is 1.55. The van der Waals surface area contributed by atoms with E-state index in [4.69, 9.17) is 0 Å². The number of carbonyl (C=O) groups is 4. The number of amides is 3. The van der Waals surface area contributed by atoms with Crippen LogP contribution in [0.1, 0.15) is 47.4 Å². The summed E-state index contributed by atoms with van der Waals surface area (Å²) in [5, 5.41) is 0. The van der Waals surface area contributed by atoms with Gasteiger partial charge < -0.3 is 14.7 Å². The van der Waals surface area contributed by atoms with Crippen LogP contribution < -0.4 is 0 Å². The lowest BCUT2D eigenvalue weighted by Crippen LogP contribution is -2.53. The molecule has 0 aromatic heterocycles. The first-order chi connectivity index (χ1) is 16.3. The van der Waals surface area contributed by atoms with Crippen molar-refractivity contribution in [3.8, 4) is 0 Å². The molecule has 0 radical (unpaired) electrons. The molecule has 7 nitrogen and oxygen atoms in total. The maximum Gasteiger partial charge on any atom is 0.254 e. The first kappa shape index (κ1) is 23.7. The Kier molecular flexibility index (Phi) is 6.82. The van der Waals surface area contributed by atoms with Gasteiger partial charge in [-0.3, -0.25) is 19.2 Å². The molecule has 0 spiro atoms. The topological polar surface area (TPSA) is 78.0 Å². The number of ketones is 1. The zero-order valence-electron chi connectivity index (χ0n) is 19.9. The van der Waals surface area contributed by atoms with Crippen molar-refractivity contribution in [3.05, 3.63) is 71.8 Å². The molecule has 3 amide bonds. The van der Waals surface area contributed by atoms with Crippen LogP contribution in [0, 0.1) is 5.92 Å². The fraction of sp³-hybridized carbons (Fsp3) is 0.407. The Morgan fingerprint density at radius 1 is 0.941 bits per heavy atom. The van der Waals surface area contributed by atoms with Gasteiger partial charge in [-0.2, -0.15) is 0 Å². The van der Waals surface area contributed by atoms with Crippen molar-refractivity contribution >= 4 is 23.5 Å². The molecule has 2 saturated heterocycles. The lowest BCUT2D eigenvalue weighted by molar-refractivity contribution is -0.140. The lowest BCUT2D eigenvalue weighted by atomic mass is 9.99. The molecule has 0 saturated carbocycles. The molecule has 0 bridgehead atoms. The summed E-state index contributed by atoms with van der Waals surface area (Å²) >= 11 is 0. The molecule has 34 heavy (non-hydrogen) atoms. The zero-order chi connectivity index (χ0) is 24.4. The molecule has 2 aromatic carbocycles. The van der Waals surface area contributed by atoms with Crippen LogP contribution in [0.4, 0.5) is 0 Å². The molecule has 2 aromatic rings. The minimum absolute atomic E-state index is 0.000470. The van der Waals surface area contributed by atoms with E-state index in [0.29, 0.717) is 30.5 Å². The van der Waals surface area contributed by atoms with Crippen LogP contribution in [-0.4, -0.2) is 76.5 Å². The Bertz CT molecular complexity index is 1070. The Morgan fingerprint density at radius 2 is 1.53 bits per heavy atom. The zero-order valence-corrected chi connectivity index (χ0v) is 19.9. The number of carbonyl (C=O) groups excluding carboxylic acids is 4. The molecular formula is C27H31N3O4. The number of Topliss-reactive ketones (excluding diaryl/α,β-unsaturated/α-hetero) is 1. The SMILES string of the molecule is CC(C)C[C@@H](C(=O)N1CC[C@@H]2[C@H]1C(=O)CN2C(=O)c1ccccc1)N(C)C(=O)c1ccccc1. The normalized spacial score (nSPS) is 20.4. The maximum atomic E-state index is 13.8. The lowest BCUT2D eigenvalue weighted by Gasteiger charge is -2.33. The van der Waals surface area contributed by atoms with Crippen molar-refractivity contribution in [1.29, 1.82) is 0 Å². The van der Waals surface area contributed by atoms with E-state index in [1.807, 2.05) is 26.0 Å². The van der Waals surface area contributed by atoms with Crippen molar-refractivity contribution in [2.45, 2.75) is 44.8 Å². The van der Waals surface area contributed by atoms with Gasteiger partial charge in [-0.15, -0.1) is 0 Å². The molecule has 0 N–H and O–H groups in total. The van der Waals surface area contributed by atoms with Gasteiger partial charge in [0, 0.05) is 24.7 Å². The summed E-state index contributed by atoms with van der Waals surface area (Å²) in [5.74, 6) is -0.593. The van der Waals surface area contributed by atoms with Gasteiger partial charge in [0.2, 0.25) is 5.91 Å². The number of fused-ring (bicyclic) bond motifs is 1. The van der Waals surface area contributed by atoms with E-state index < -0.39 is 12.1 Å². The largest absolute Gasteiger partial charge is 0.330 e. The highest BCUT2D eigenvalue weighted by Crippen LogP contribution is 2.32. The molecule has 2 aliphatic heterocycles. The summed E-state index contributed by atoms with van der Waals surface area (Å²) in [5.41, 5.74) is 1.05. The van der Waals surface area contributed by atoms with Crippen LogP contribution in [0.15, 0.2) is 60.7 Å². The van der Waals surface area contributed by atoms with E-state index >= 15 is 0 Å². The van der Waals surface area contributed by atoms with Crippen molar-refractivity contribution in [3.63, 3.8) is 0 Å². The summed E-state index contributed by atoms with van der Waals surface area (Å²) in [6.07, 6.45) is 1.04. The summed E-state index contributed by atoms with van der Waals surface area (Å²) in [4.78, 5) is 57.7. The highest BCUT2D eigenvalue weighted by Gasteiger charge is 2.52. The van der Waals surface area contributed by atoms with Crippen LogP contribution in [-0.2, 0) is 9.59 Å². The third kappa shape index (κ3) is 4.47. The summed E-state index contributed by atoms with van der Waals surface area (Å²) in [6.45, 7) is 4.41. The summed E-state index contributed by atoms with van der Waals surface area (Å²) in [6, 6.07) is 16.1. The van der Waals surface area contributed by atoms with E-state index in [1.165, 1.54) is 4.90 Å². The molecule has 4 rings (SSSR count).